The normalized spacial score (nSPS) is 11.0. The average molecular weight is 376 g/mol. The van der Waals surface area contributed by atoms with Gasteiger partial charge in [0.25, 0.3) is 5.91 Å². The lowest BCUT2D eigenvalue weighted by Crippen LogP contribution is -2.30. The molecule has 0 aliphatic rings. The number of benzene rings is 2. The molecule has 2 aromatic carbocycles. The van der Waals surface area contributed by atoms with Gasteiger partial charge in [0.2, 0.25) is 0 Å². The van der Waals surface area contributed by atoms with Crippen LogP contribution in [0.15, 0.2) is 60.8 Å². The summed E-state index contributed by atoms with van der Waals surface area (Å²) >= 11 is 1.53. The molecule has 0 saturated heterocycles. The number of hydrogen-bond donors (Lipinski definition) is 0. The maximum Gasteiger partial charge on any atom is 0.280 e. The molecule has 6 heteroatoms. The van der Waals surface area contributed by atoms with Gasteiger partial charge in [-0.15, -0.1) is 0 Å². The first-order valence-corrected chi connectivity index (χ1v) is 9.72. The number of nitrogens with zero attached hydrogens (tertiary/aromatic N) is 4. The van der Waals surface area contributed by atoms with E-state index in [9.17, 15) is 4.79 Å². The number of amides is 1. The fourth-order valence-electron chi connectivity index (χ4n) is 2.97. The van der Waals surface area contributed by atoms with Crippen molar-refractivity contribution in [1.29, 1.82) is 0 Å². The minimum absolute atomic E-state index is 0.136. The number of aromatic nitrogens is 3. The SMILES string of the molecule is CCn1ccc(C(=O)N(Cc2ccccc2)c2nc3c(C)cccc3s2)n1. The molecule has 0 spiro atoms. The third-order valence-corrected chi connectivity index (χ3v) is 5.50. The van der Waals surface area contributed by atoms with Crippen molar-refractivity contribution >= 4 is 32.6 Å². The third-order valence-electron chi connectivity index (χ3n) is 4.45. The Balaban J connectivity index is 1.76. The van der Waals surface area contributed by atoms with Gasteiger partial charge in [-0.3, -0.25) is 14.4 Å². The van der Waals surface area contributed by atoms with Crippen molar-refractivity contribution in [3.05, 3.63) is 77.6 Å². The van der Waals surface area contributed by atoms with Gasteiger partial charge in [0, 0.05) is 12.7 Å². The lowest BCUT2D eigenvalue weighted by Gasteiger charge is -2.19. The van der Waals surface area contributed by atoms with Crippen LogP contribution in [-0.4, -0.2) is 20.7 Å². The van der Waals surface area contributed by atoms with Crippen LogP contribution in [0.3, 0.4) is 0 Å². The average Bonchev–Trinajstić information content (AvgIpc) is 3.34. The fraction of sp³-hybridized carbons (Fsp3) is 0.190. The van der Waals surface area contributed by atoms with E-state index in [-0.39, 0.29) is 5.91 Å². The van der Waals surface area contributed by atoms with Crippen LogP contribution in [0, 0.1) is 6.92 Å². The number of aryl methyl sites for hydroxylation is 2. The van der Waals surface area contributed by atoms with Gasteiger partial charge in [0.1, 0.15) is 0 Å². The topological polar surface area (TPSA) is 51.0 Å². The van der Waals surface area contributed by atoms with E-state index in [0.717, 1.165) is 27.9 Å². The summed E-state index contributed by atoms with van der Waals surface area (Å²) in [5.41, 5.74) is 3.54. The van der Waals surface area contributed by atoms with Crippen LogP contribution in [0.2, 0.25) is 0 Å². The predicted molar refractivity (Wildman–Crippen MR) is 109 cm³/mol. The summed E-state index contributed by atoms with van der Waals surface area (Å²) in [5, 5.41) is 5.08. The van der Waals surface area contributed by atoms with E-state index in [1.165, 1.54) is 11.3 Å². The molecule has 2 heterocycles. The van der Waals surface area contributed by atoms with Crippen LogP contribution in [0.1, 0.15) is 28.5 Å². The Morgan fingerprint density at radius 1 is 1.11 bits per heavy atom. The molecule has 0 unspecified atom stereocenters. The first kappa shape index (κ1) is 17.4. The van der Waals surface area contributed by atoms with Gasteiger partial charge in [0.15, 0.2) is 10.8 Å². The molecular weight excluding hydrogens is 356 g/mol. The van der Waals surface area contributed by atoms with Gasteiger partial charge in [-0.2, -0.15) is 5.10 Å². The summed E-state index contributed by atoms with van der Waals surface area (Å²) < 4.78 is 2.84. The van der Waals surface area contributed by atoms with Crippen LogP contribution in [0.4, 0.5) is 5.13 Å². The van der Waals surface area contributed by atoms with Crippen molar-refractivity contribution in [3.8, 4) is 0 Å². The highest BCUT2D eigenvalue weighted by Crippen LogP contribution is 2.32. The molecule has 0 radical (unpaired) electrons. The lowest BCUT2D eigenvalue weighted by molar-refractivity contribution is 0.0979. The van der Waals surface area contributed by atoms with Crippen LogP contribution < -0.4 is 4.90 Å². The summed E-state index contributed by atoms with van der Waals surface area (Å²) in [7, 11) is 0. The molecule has 0 bridgehead atoms. The zero-order valence-corrected chi connectivity index (χ0v) is 16.1. The highest BCUT2D eigenvalue weighted by molar-refractivity contribution is 7.22. The molecule has 4 rings (SSSR count). The Morgan fingerprint density at radius 2 is 1.93 bits per heavy atom. The summed E-state index contributed by atoms with van der Waals surface area (Å²) in [4.78, 5) is 19.8. The number of thiazole rings is 1. The number of rotatable bonds is 5. The van der Waals surface area contributed by atoms with E-state index >= 15 is 0 Å². The molecular formula is C21H20N4OS. The molecule has 0 atom stereocenters. The zero-order valence-electron chi connectivity index (χ0n) is 15.3. The van der Waals surface area contributed by atoms with Crippen molar-refractivity contribution in [2.24, 2.45) is 0 Å². The van der Waals surface area contributed by atoms with E-state index in [4.69, 9.17) is 4.98 Å². The Morgan fingerprint density at radius 3 is 2.63 bits per heavy atom. The van der Waals surface area contributed by atoms with Gasteiger partial charge in [0.05, 0.1) is 16.8 Å². The number of fused-ring (bicyclic) bond motifs is 1. The van der Waals surface area contributed by atoms with E-state index in [1.807, 2.05) is 68.6 Å². The molecule has 27 heavy (non-hydrogen) atoms. The molecule has 5 nitrogen and oxygen atoms in total. The van der Waals surface area contributed by atoms with Crippen LogP contribution in [0.5, 0.6) is 0 Å². The maximum atomic E-state index is 13.3. The molecule has 2 aromatic heterocycles. The number of carbonyl (C=O) groups excluding carboxylic acids is 1. The summed E-state index contributed by atoms with van der Waals surface area (Å²) in [6.07, 6.45) is 1.83. The fourth-order valence-corrected chi connectivity index (χ4v) is 4.01. The lowest BCUT2D eigenvalue weighted by atomic mass is 10.2. The molecule has 4 aromatic rings. The number of anilines is 1. The third kappa shape index (κ3) is 3.48. The zero-order chi connectivity index (χ0) is 18.8. The highest BCUT2D eigenvalue weighted by Gasteiger charge is 2.23. The first-order chi connectivity index (χ1) is 13.2. The van der Waals surface area contributed by atoms with Crippen molar-refractivity contribution in [3.63, 3.8) is 0 Å². The van der Waals surface area contributed by atoms with E-state index in [0.29, 0.717) is 17.4 Å². The van der Waals surface area contributed by atoms with Crippen LogP contribution in [-0.2, 0) is 13.1 Å². The summed E-state index contributed by atoms with van der Waals surface area (Å²) in [6, 6.07) is 17.8. The Hall–Kier alpha value is -2.99. The van der Waals surface area contributed by atoms with Gasteiger partial charge in [-0.25, -0.2) is 4.98 Å². The summed E-state index contributed by atoms with van der Waals surface area (Å²) in [5.74, 6) is -0.136. The Kier molecular flexibility index (Phi) is 4.73. The Labute approximate surface area is 161 Å². The van der Waals surface area contributed by atoms with E-state index in [2.05, 4.69) is 5.10 Å². The monoisotopic (exact) mass is 376 g/mol. The van der Waals surface area contributed by atoms with Crippen molar-refractivity contribution in [1.82, 2.24) is 14.8 Å². The highest BCUT2D eigenvalue weighted by atomic mass is 32.1. The number of carbonyl (C=O) groups is 1. The molecule has 136 valence electrons. The number of hydrogen-bond acceptors (Lipinski definition) is 4. The standard InChI is InChI=1S/C21H20N4OS/c1-3-24-13-12-17(23-24)20(26)25(14-16-9-5-4-6-10-16)21-22-19-15(2)8-7-11-18(19)27-21/h4-13H,3,14H2,1-2H3. The van der Waals surface area contributed by atoms with Gasteiger partial charge >= 0.3 is 0 Å². The van der Waals surface area contributed by atoms with Gasteiger partial charge in [-0.1, -0.05) is 53.8 Å². The summed E-state index contributed by atoms with van der Waals surface area (Å²) in [6.45, 7) is 5.22. The van der Waals surface area contributed by atoms with Gasteiger partial charge in [-0.05, 0) is 37.1 Å². The van der Waals surface area contributed by atoms with E-state index in [1.54, 1.807) is 15.6 Å². The van der Waals surface area contributed by atoms with Crippen LogP contribution >= 0.6 is 11.3 Å². The second kappa shape index (κ2) is 7.32. The minimum Gasteiger partial charge on any atom is -0.278 e. The van der Waals surface area contributed by atoms with Crippen molar-refractivity contribution in [2.75, 3.05) is 4.90 Å². The smallest absolute Gasteiger partial charge is 0.278 e. The molecule has 0 aliphatic heterocycles. The molecule has 0 N–H and O–H groups in total. The molecule has 0 fully saturated rings. The largest absolute Gasteiger partial charge is 0.280 e. The molecule has 0 saturated carbocycles. The van der Waals surface area contributed by atoms with Crippen molar-refractivity contribution < 1.29 is 4.79 Å². The first-order valence-electron chi connectivity index (χ1n) is 8.91. The minimum atomic E-state index is -0.136. The second-order valence-corrected chi connectivity index (χ2v) is 7.36. The quantitative estimate of drug-likeness (QED) is 0.509. The van der Waals surface area contributed by atoms with Crippen LogP contribution in [0.25, 0.3) is 10.2 Å². The molecule has 0 aliphatic carbocycles. The van der Waals surface area contributed by atoms with E-state index < -0.39 is 0 Å². The second-order valence-electron chi connectivity index (χ2n) is 6.35. The van der Waals surface area contributed by atoms with Gasteiger partial charge < -0.3 is 0 Å². The Bertz CT molecular complexity index is 1080. The number of para-hydroxylation sites is 1. The maximum absolute atomic E-state index is 13.3. The predicted octanol–water partition coefficient (Wildman–Crippen LogP) is 4.67. The molecule has 1 amide bonds. The van der Waals surface area contributed by atoms with Crippen molar-refractivity contribution in [2.45, 2.75) is 26.9 Å².